The fourth-order valence-electron chi connectivity index (χ4n) is 7.78. The molecule has 0 aromatic carbocycles. The number of carbonyl (C=O) groups is 2. The van der Waals surface area contributed by atoms with Gasteiger partial charge in [0.25, 0.3) is 0 Å². The van der Waals surface area contributed by atoms with Crippen molar-refractivity contribution in [2.24, 2.45) is 39.9 Å². The third-order valence-corrected chi connectivity index (χ3v) is 9.02. The first-order valence-corrected chi connectivity index (χ1v) is 9.00. The van der Waals surface area contributed by atoms with Crippen LogP contribution in [-0.2, 0) is 9.59 Å². The molecule has 5 saturated carbocycles. The first kappa shape index (κ1) is 12.8. The van der Waals surface area contributed by atoms with Gasteiger partial charge in [-0.3, -0.25) is 9.59 Å². The topological polar surface area (TPSA) is 34.1 Å². The van der Waals surface area contributed by atoms with Gasteiger partial charge in [-0.05, 0) is 67.6 Å². The van der Waals surface area contributed by atoms with Crippen LogP contribution in [0.5, 0.6) is 0 Å². The Labute approximate surface area is 127 Å². The lowest BCUT2D eigenvalue weighted by Gasteiger charge is -2.56. The number of ketones is 2. The molecule has 5 aliphatic carbocycles. The molecule has 21 heavy (non-hydrogen) atoms. The zero-order valence-electron chi connectivity index (χ0n) is 13.3. The molecule has 0 radical (unpaired) electrons. The maximum Gasteiger partial charge on any atom is 0.140 e. The van der Waals surface area contributed by atoms with Crippen LogP contribution in [0.1, 0.15) is 65.2 Å². The number of hydrogen-bond donors (Lipinski definition) is 0. The summed E-state index contributed by atoms with van der Waals surface area (Å²) in [4.78, 5) is 25.4. The lowest BCUT2D eigenvalue weighted by molar-refractivity contribution is -0.153. The molecule has 0 bridgehead atoms. The molecule has 2 heteroatoms. The monoisotopic (exact) mass is 286 g/mol. The van der Waals surface area contributed by atoms with Crippen LogP contribution >= 0.6 is 0 Å². The molecule has 0 N–H and O–H groups in total. The highest BCUT2D eigenvalue weighted by Gasteiger charge is 2.77. The molecular formula is C19H26O2. The third kappa shape index (κ3) is 1.18. The Morgan fingerprint density at radius 3 is 2.52 bits per heavy atom. The molecule has 5 fully saturated rings. The smallest absolute Gasteiger partial charge is 0.140 e. The van der Waals surface area contributed by atoms with E-state index < -0.39 is 0 Å². The van der Waals surface area contributed by atoms with Gasteiger partial charge in [0.2, 0.25) is 0 Å². The minimum absolute atomic E-state index is 0.0878. The van der Waals surface area contributed by atoms with Gasteiger partial charge in [0.1, 0.15) is 11.6 Å². The summed E-state index contributed by atoms with van der Waals surface area (Å²) >= 11 is 0. The Kier molecular flexibility index (Phi) is 2.12. The minimum Gasteiger partial charge on any atom is -0.299 e. The number of fused-ring (bicyclic) bond motifs is 4. The van der Waals surface area contributed by atoms with Gasteiger partial charge >= 0.3 is 0 Å². The van der Waals surface area contributed by atoms with Crippen LogP contribution in [0.4, 0.5) is 0 Å². The Bertz CT molecular complexity index is 566. The molecule has 114 valence electrons. The van der Waals surface area contributed by atoms with Crippen molar-refractivity contribution in [2.75, 3.05) is 0 Å². The Morgan fingerprint density at radius 2 is 1.76 bits per heavy atom. The SMILES string of the molecule is C[C@@]12CC[C@@H]3C[C@@]31C(=O)C[C@H]1[C@H]2CC[C@]2(C)C(=O)CC[C@H]12. The second-order valence-electron chi connectivity index (χ2n) is 9.25. The molecule has 5 rings (SSSR count). The van der Waals surface area contributed by atoms with Crippen molar-refractivity contribution in [3.05, 3.63) is 0 Å². The maximum absolute atomic E-state index is 13.0. The summed E-state index contributed by atoms with van der Waals surface area (Å²) in [6.07, 6.45) is 8.63. The van der Waals surface area contributed by atoms with E-state index in [1.165, 1.54) is 25.7 Å². The highest BCUT2D eigenvalue weighted by Crippen LogP contribution is 2.80. The summed E-state index contributed by atoms with van der Waals surface area (Å²) in [5.74, 6) is 3.51. The zero-order valence-corrected chi connectivity index (χ0v) is 13.3. The van der Waals surface area contributed by atoms with Gasteiger partial charge in [-0.15, -0.1) is 0 Å². The van der Waals surface area contributed by atoms with Crippen LogP contribution in [0.25, 0.3) is 0 Å². The van der Waals surface area contributed by atoms with E-state index >= 15 is 0 Å². The molecule has 0 aromatic heterocycles. The van der Waals surface area contributed by atoms with E-state index in [1.807, 2.05) is 0 Å². The number of rotatable bonds is 0. The molecule has 2 nitrogen and oxygen atoms in total. The average molecular weight is 286 g/mol. The molecule has 0 saturated heterocycles. The van der Waals surface area contributed by atoms with Crippen molar-refractivity contribution < 1.29 is 9.59 Å². The second kappa shape index (κ2) is 3.46. The van der Waals surface area contributed by atoms with E-state index in [0.29, 0.717) is 29.3 Å². The lowest BCUT2D eigenvalue weighted by Crippen LogP contribution is -2.55. The predicted octanol–water partition coefficient (Wildman–Crippen LogP) is 3.78. The van der Waals surface area contributed by atoms with Crippen LogP contribution in [0.2, 0.25) is 0 Å². The van der Waals surface area contributed by atoms with E-state index in [2.05, 4.69) is 13.8 Å². The summed E-state index contributed by atoms with van der Waals surface area (Å²) in [5.41, 5.74) is 0.263. The molecule has 1 spiro atoms. The molecule has 5 aliphatic rings. The van der Waals surface area contributed by atoms with E-state index in [0.717, 1.165) is 31.6 Å². The maximum atomic E-state index is 13.0. The van der Waals surface area contributed by atoms with Gasteiger partial charge in [-0.1, -0.05) is 13.8 Å². The molecule has 7 atom stereocenters. The highest BCUT2D eigenvalue weighted by molar-refractivity contribution is 5.92. The molecule has 0 heterocycles. The molecular weight excluding hydrogens is 260 g/mol. The first-order valence-electron chi connectivity index (χ1n) is 9.00. The predicted molar refractivity (Wildman–Crippen MR) is 79.6 cm³/mol. The lowest BCUT2D eigenvalue weighted by atomic mass is 9.46. The summed E-state index contributed by atoms with van der Waals surface area (Å²) < 4.78 is 0. The quantitative estimate of drug-likeness (QED) is 0.679. The van der Waals surface area contributed by atoms with E-state index in [-0.39, 0.29) is 16.2 Å². The largest absolute Gasteiger partial charge is 0.299 e. The van der Waals surface area contributed by atoms with E-state index in [9.17, 15) is 9.59 Å². The molecule has 0 aromatic rings. The number of carbonyl (C=O) groups excluding carboxylic acids is 2. The second-order valence-corrected chi connectivity index (χ2v) is 9.25. The van der Waals surface area contributed by atoms with Crippen LogP contribution in [0.3, 0.4) is 0 Å². The summed E-state index contributed by atoms with van der Waals surface area (Å²) in [6, 6.07) is 0. The minimum atomic E-state index is -0.0934. The Morgan fingerprint density at radius 1 is 0.952 bits per heavy atom. The van der Waals surface area contributed by atoms with Crippen molar-refractivity contribution in [1.82, 2.24) is 0 Å². The number of hydrogen-bond acceptors (Lipinski definition) is 2. The number of Topliss-reactive ketones (excluding diaryl/α,β-unsaturated/α-hetero) is 2. The fourth-order valence-corrected chi connectivity index (χ4v) is 7.78. The van der Waals surface area contributed by atoms with E-state index in [4.69, 9.17) is 0 Å². The third-order valence-electron chi connectivity index (χ3n) is 9.02. The van der Waals surface area contributed by atoms with Gasteiger partial charge in [-0.25, -0.2) is 0 Å². The zero-order chi connectivity index (χ0) is 14.6. The van der Waals surface area contributed by atoms with Crippen LogP contribution in [0.15, 0.2) is 0 Å². The van der Waals surface area contributed by atoms with E-state index in [1.54, 1.807) is 0 Å². The molecule has 0 aliphatic heterocycles. The first-order chi connectivity index (χ1) is 9.93. The van der Waals surface area contributed by atoms with Crippen molar-refractivity contribution in [3.63, 3.8) is 0 Å². The highest BCUT2D eigenvalue weighted by atomic mass is 16.1. The van der Waals surface area contributed by atoms with Gasteiger partial charge in [0.05, 0.1) is 0 Å². The van der Waals surface area contributed by atoms with Crippen molar-refractivity contribution in [1.29, 1.82) is 0 Å². The molecule has 0 unspecified atom stereocenters. The standard InChI is InChI=1S/C19H26O2/c1-17-7-6-14-12(13(17)3-4-15(17)20)9-16(21)19-10-11(19)5-8-18(14,19)2/h11-14H,3-10H2,1-2H3/t11-,12-,13-,14-,17+,18+,19+/m1/s1. The average Bonchev–Trinajstić information content (AvgIpc) is 3.01. The van der Waals surface area contributed by atoms with Crippen molar-refractivity contribution in [2.45, 2.75) is 65.2 Å². The molecule has 0 amide bonds. The van der Waals surface area contributed by atoms with Gasteiger partial charge in [0.15, 0.2) is 0 Å². The Hall–Kier alpha value is -0.660. The van der Waals surface area contributed by atoms with Gasteiger partial charge in [0, 0.05) is 23.7 Å². The summed E-state index contributed by atoms with van der Waals surface area (Å²) in [6.45, 7) is 4.64. The van der Waals surface area contributed by atoms with Gasteiger partial charge < -0.3 is 0 Å². The normalized spacial score (nSPS) is 61.0. The fraction of sp³-hybridized carbons (Fsp3) is 0.895. The van der Waals surface area contributed by atoms with Crippen molar-refractivity contribution in [3.8, 4) is 0 Å². The summed E-state index contributed by atoms with van der Waals surface area (Å²) in [5, 5.41) is 0. The van der Waals surface area contributed by atoms with Crippen LogP contribution in [-0.4, -0.2) is 11.6 Å². The summed E-state index contributed by atoms with van der Waals surface area (Å²) in [7, 11) is 0. The van der Waals surface area contributed by atoms with Gasteiger partial charge in [-0.2, -0.15) is 0 Å². The van der Waals surface area contributed by atoms with Crippen LogP contribution < -0.4 is 0 Å². The van der Waals surface area contributed by atoms with Crippen LogP contribution in [0, 0.1) is 39.9 Å². The Balaban J connectivity index is 1.58. The van der Waals surface area contributed by atoms with Crippen molar-refractivity contribution >= 4 is 11.6 Å².